The molecule has 0 aliphatic carbocycles. The number of aromatic hydroxyl groups is 1. The first-order valence-electron chi connectivity index (χ1n) is 2.88. The minimum Gasteiger partial charge on any atom is -0.492 e. The molecule has 11 heavy (non-hydrogen) atoms. The van der Waals surface area contributed by atoms with Gasteiger partial charge in [-0.25, -0.2) is 0 Å². The van der Waals surface area contributed by atoms with Crippen molar-refractivity contribution in [3.8, 4) is 17.4 Å². The predicted octanol–water partition coefficient (Wildman–Crippen LogP) is 0.634. The van der Waals surface area contributed by atoms with Crippen LogP contribution in [-0.4, -0.2) is 24.7 Å². The first-order chi connectivity index (χ1) is 5.36. The summed E-state index contributed by atoms with van der Waals surface area (Å²) in [5, 5.41) is 14.4. The lowest BCUT2D eigenvalue weighted by Gasteiger charge is -1.82. The van der Waals surface area contributed by atoms with Crippen molar-refractivity contribution in [3.63, 3.8) is 0 Å². The van der Waals surface area contributed by atoms with Crippen molar-refractivity contribution in [2.75, 3.05) is 0 Å². The Labute approximate surface area is 65.9 Å². The van der Waals surface area contributed by atoms with Crippen LogP contribution in [0.5, 0.6) is 5.88 Å². The van der Waals surface area contributed by atoms with Crippen molar-refractivity contribution in [2.45, 2.75) is 0 Å². The van der Waals surface area contributed by atoms with Crippen LogP contribution < -0.4 is 0 Å². The van der Waals surface area contributed by atoms with Crippen LogP contribution in [0.2, 0.25) is 0 Å². The Morgan fingerprint density at radius 2 is 2.45 bits per heavy atom. The Balaban J connectivity index is 2.45. The van der Waals surface area contributed by atoms with Crippen molar-refractivity contribution < 1.29 is 5.11 Å². The third kappa shape index (κ3) is 1.07. The maximum atomic E-state index is 8.86. The van der Waals surface area contributed by atoms with Crippen LogP contribution in [0.4, 0.5) is 0 Å². The molecule has 0 aliphatic rings. The Bertz CT molecular complexity index is 341. The van der Waals surface area contributed by atoms with E-state index in [1.165, 1.54) is 17.7 Å². The van der Waals surface area contributed by atoms with Crippen LogP contribution in [0, 0.1) is 0 Å². The summed E-state index contributed by atoms with van der Waals surface area (Å²) in [6.07, 6.45) is 1.40. The zero-order valence-electron chi connectivity index (χ0n) is 5.35. The number of hydrogen-bond acceptors (Lipinski definition) is 5. The summed E-state index contributed by atoms with van der Waals surface area (Å²) < 4.78 is 3.66. The number of rotatable bonds is 1. The highest BCUT2D eigenvalue weighted by Crippen LogP contribution is 2.15. The van der Waals surface area contributed by atoms with Gasteiger partial charge in [-0.3, -0.25) is 0 Å². The van der Waals surface area contributed by atoms with E-state index in [1.807, 2.05) is 0 Å². The van der Waals surface area contributed by atoms with Gasteiger partial charge in [0, 0.05) is 5.38 Å². The van der Waals surface area contributed by atoms with Gasteiger partial charge in [0.2, 0.25) is 5.88 Å². The molecule has 0 fully saturated rings. The Morgan fingerprint density at radius 3 is 3.00 bits per heavy atom. The van der Waals surface area contributed by atoms with Gasteiger partial charge in [0.15, 0.2) is 5.82 Å². The van der Waals surface area contributed by atoms with E-state index in [4.69, 9.17) is 5.11 Å². The maximum absolute atomic E-state index is 8.86. The minimum absolute atomic E-state index is 0.0343. The molecule has 0 atom stereocenters. The number of nitrogens with one attached hydrogen (secondary N) is 1. The second kappa shape index (κ2) is 2.31. The number of hydrogen-bond donors (Lipinski definition) is 2. The Hall–Kier alpha value is -1.43. The number of aromatic nitrogens is 4. The average molecular weight is 168 g/mol. The van der Waals surface area contributed by atoms with Gasteiger partial charge in [-0.15, -0.1) is 5.10 Å². The van der Waals surface area contributed by atoms with Gasteiger partial charge in [0.25, 0.3) is 0 Å². The summed E-state index contributed by atoms with van der Waals surface area (Å²) in [6.45, 7) is 0. The second-order valence-corrected chi connectivity index (χ2v) is 2.51. The topological polar surface area (TPSA) is 74.7 Å². The second-order valence-electron chi connectivity index (χ2n) is 1.90. The van der Waals surface area contributed by atoms with Crippen LogP contribution in [0.3, 0.4) is 0 Å². The van der Waals surface area contributed by atoms with Crippen LogP contribution in [0.15, 0.2) is 11.6 Å². The van der Waals surface area contributed by atoms with Gasteiger partial charge in [-0.05, 0) is 11.5 Å². The summed E-state index contributed by atoms with van der Waals surface area (Å²) in [5.74, 6) is 0.504. The lowest BCUT2D eigenvalue weighted by molar-refractivity contribution is 0.457. The number of H-pyrrole nitrogens is 1. The molecule has 2 heterocycles. The van der Waals surface area contributed by atoms with Crippen molar-refractivity contribution in [2.24, 2.45) is 0 Å². The molecule has 0 aliphatic heterocycles. The zero-order valence-corrected chi connectivity index (χ0v) is 6.17. The first-order valence-corrected chi connectivity index (χ1v) is 3.72. The van der Waals surface area contributed by atoms with Crippen LogP contribution in [0.25, 0.3) is 11.5 Å². The molecular formula is C5H4N4OS. The first kappa shape index (κ1) is 6.29. The van der Waals surface area contributed by atoms with Gasteiger partial charge in [0.05, 0.1) is 6.20 Å². The number of nitrogens with zero attached hydrogens (tertiary/aromatic N) is 3. The van der Waals surface area contributed by atoms with Crippen molar-refractivity contribution in [1.82, 2.24) is 19.6 Å². The molecule has 56 valence electrons. The summed E-state index contributed by atoms with van der Waals surface area (Å²) >= 11 is 1.24. The third-order valence-electron chi connectivity index (χ3n) is 1.17. The van der Waals surface area contributed by atoms with E-state index in [1.54, 1.807) is 5.38 Å². The molecule has 0 spiro atoms. The smallest absolute Gasteiger partial charge is 0.229 e. The molecule has 0 saturated carbocycles. The quantitative estimate of drug-likeness (QED) is 0.655. The van der Waals surface area contributed by atoms with Gasteiger partial charge in [-0.2, -0.15) is 4.98 Å². The molecular weight excluding hydrogens is 164 g/mol. The van der Waals surface area contributed by atoms with E-state index in [2.05, 4.69) is 19.6 Å². The molecule has 6 heteroatoms. The van der Waals surface area contributed by atoms with Gasteiger partial charge in [0.1, 0.15) is 5.69 Å². The molecule has 0 bridgehead atoms. The molecule has 0 saturated heterocycles. The van der Waals surface area contributed by atoms with Crippen molar-refractivity contribution in [3.05, 3.63) is 11.6 Å². The highest BCUT2D eigenvalue weighted by Gasteiger charge is 2.04. The third-order valence-corrected chi connectivity index (χ3v) is 1.67. The highest BCUT2D eigenvalue weighted by atomic mass is 32.1. The molecule has 5 nitrogen and oxygen atoms in total. The molecule has 2 N–H and O–H groups in total. The van der Waals surface area contributed by atoms with Gasteiger partial charge >= 0.3 is 0 Å². The molecule has 0 aromatic carbocycles. The summed E-state index contributed by atoms with van der Waals surface area (Å²) in [4.78, 5) is 6.51. The summed E-state index contributed by atoms with van der Waals surface area (Å²) in [7, 11) is 0. The lowest BCUT2D eigenvalue weighted by Crippen LogP contribution is -1.79. The van der Waals surface area contributed by atoms with E-state index < -0.39 is 0 Å². The molecule has 0 amide bonds. The van der Waals surface area contributed by atoms with E-state index in [0.717, 1.165) is 0 Å². The molecule has 0 unspecified atom stereocenters. The fourth-order valence-corrected chi connectivity index (χ4v) is 1.15. The number of imidazole rings is 1. The Morgan fingerprint density at radius 1 is 1.55 bits per heavy atom. The van der Waals surface area contributed by atoms with Crippen LogP contribution in [0.1, 0.15) is 0 Å². The van der Waals surface area contributed by atoms with Crippen molar-refractivity contribution >= 4 is 11.5 Å². The standard InChI is InChI=1S/C5H4N4OS/c10-4-1-6-5(7-4)3-2-11-9-8-3/h1-2,10H,(H,6,7). The zero-order chi connectivity index (χ0) is 7.68. The SMILES string of the molecule is Oc1c[nH]c(-c2csnn2)n1. The highest BCUT2D eigenvalue weighted by molar-refractivity contribution is 7.03. The van der Waals surface area contributed by atoms with Crippen molar-refractivity contribution in [1.29, 1.82) is 0 Å². The number of aromatic amines is 1. The van der Waals surface area contributed by atoms with Crippen LogP contribution in [-0.2, 0) is 0 Å². The largest absolute Gasteiger partial charge is 0.492 e. The minimum atomic E-state index is -0.0343. The maximum Gasteiger partial charge on any atom is 0.229 e. The molecule has 0 radical (unpaired) electrons. The van der Waals surface area contributed by atoms with E-state index in [-0.39, 0.29) is 5.88 Å². The van der Waals surface area contributed by atoms with E-state index >= 15 is 0 Å². The Kier molecular flexibility index (Phi) is 1.32. The monoisotopic (exact) mass is 168 g/mol. The molecule has 2 aromatic rings. The van der Waals surface area contributed by atoms with E-state index in [9.17, 15) is 0 Å². The van der Waals surface area contributed by atoms with E-state index in [0.29, 0.717) is 11.5 Å². The fourth-order valence-electron chi connectivity index (χ4n) is 0.711. The average Bonchev–Trinajstić information content (AvgIpc) is 2.55. The summed E-state index contributed by atoms with van der Waals surface area (Å²) in [6, 6.07) is 0. The van der Waals surface area contributed by atoms with Gasteiger partial charge < -0.3 is 10.1 Å². The predicted molar refractivity (Wildman–Crippen MR) is 39.2 cm³/mol. The fraction of sp³-hybridized carbons (Fsp3) is 0. The normalized spacial score (nSPS) is 10.2. The van der Waals surface area contributed by atoms with Crippen LogP contribution >= 0.6 is 11.5 Å². The molecule has 2 aromatic heterocycles. The van der Waals surface area contributed by atoms with Gasteiger partial charge in [-0.1, -0.05) is 4.49 Å². The molecule has 2 rings (SSSR count). The lowest BCUT2D eigenvalue weighted by atomic mass is 10.5. The summed E-state index contributed by atoms with van der Waals surface area (Å²) in [5.41, 5.74) is 0.648.